The fourth-order valence-corrected chi connectivity index (χ4v) is 1.73. The molecular weight excluding hydrogens is 186 g/mol. The second kappa shape index (κ2) is 3.46. The largest absolute Gasteiger partial charge is 0.244 e. The Kier molecular flexibility index (Phi) is 2.71. The van der Waals surface area contributed by atoms with Crippen molar-refractivity contribution < 1.29 is 8.42 Å². The molecule has 0 amide bonds. The summed E-state index contributed by atoms with van der Waals surface area (Å²) >= 11 is 0. The number of aryl methyl sites for hydroxylation is 2. The Labute approximate surface area is 78.7 Å². The van der Waals surface area contributed by atoms with Gasteiger partial charge in [-0.1, -0.05) is 6.92 Å². The molecule has 0 aliphatic rings. The van der Waals surface area contributed by atoms with Gasteiger partial charge in [-0.2, -0.15) is 0 Å². The number of pyridine rings is 1. The third kappa shape index (κ3) is 2.28. The highest BCUT2D eigenvalue weighted by Crippen LogP contribution is 2.12. The first kappa shape index (κ1) is 10.2. The minimum Gasteiger partial charge on any atom is -0.244 e. The van der Waals surface area contributed by atoms with Crippen LogP contribution in [0.2, 0.25) is 0 Å². The topological polar surface area (TPSA) is 47.0 Å². The Morgan fingerprint density at radius 2 is 2.08 bits per heavy atom. The maximum absolute atomic E-state index is 11.1. The molecule has 0 atom stereocenters. The molecule has 0 radical (unpaired) electrons. The van der Waals surface area contributed by atoms with E-state index in [1.54, 1.807) is 12.3 Å². The highest BCUT2D eigenvalue weighted by Gasteiger charge is 2.09. The Morgan fingerprint density at radius 1 is 1.46 bits per heavy atom. The number of nitrogens with zero attached hydrogens (tertiary/aromatic N) is 1. The van der Waals surface area contributed by atoms with Crippen molar-refractivity contribution in [3.63, 3.8) is 0 Å². The molecule has 0 unspecified atom stereocenters. The Hall–Kier alpha value is -0.900. The summed E-state index contributed by atoms with van der Waals surface area (Å²) in [5.41, 5.74) is 2.07. The van der Waals surface area contributed by atoms with Crippen molar-refractivity contribution in [1.82, 2.24) is 4.98 Å². The lowest BCUT2D eigenvalue weighted by Gasteiger charge is -2.03. The van der Waals surface area contributed by atoms with Crippen LogP contribution >= 0.6 is 0 Å². The summed E-state index contributed by atoms with van der Waals surface area (Å²) in [6, 6.07) is 1.64. The average Bonchev–Trinajstić information content (AvgIpc) is 2.03. The number of hydrogen-bond acceptors (Lipinski definition) is 3. The second-order valence-electron chi connectivity index (χ2n) is 3.07. The summed E-state index contributed by atoms with van der Waals surface area (Å²) in [6.07, 6.45) is 3.61. The minimum absolute atomic E-state index is 0.162. The van der Waals surface area contributed by atoms with E-state index in [4.69, 9.17) is 0 Å². The Balaban J connectivity index is 3.30. The Bertz CT molecular complexity index is 410. The van der Waals surface area contributed by atoms with Gasteiger partial charge >= 0.3 is 0 Å². The average molecular weight is 199 g/mol. The lowest BCUT2D eigenvalue weighted by atomic mass is 10.1. The Morgan fingerprint density at radius 3 is 2.54 bits per heavy atom. The smallest absolute Gasteiger partial charge is 0.192 e. The predicted octanol–water partition coefficient (Wildman–Crippen LogP) is 1.36. The van der Waals surface area contributed by atoms with Crippen LogP contribution in [0, 0.1) is 6.92 Å². The molecule has 1 rings (SSSR count). The van der Waals surface area contributed by atoms with Crippen LogP contribution in [0.3, 0.4) is 0 Å². The normalized spacial score (nSPS) is 11.6. The molecule has 0 aliphatic carbocycles. The number of aromatic nitrogens is 1. The van der Waals surface area contributed by atoms with Gasteiger partial charge in [0.25, 0.3) is 0 Å². The molecule has 0 spiro atoms. The maximum atomic E-state index is 11.1. The lowest BCUT2D eigenvalue weighted by molar-refractivity contribution is 0.598. The molecule has 1 aromatic heterocycles. The van der Waals surface area contributed by atoms with E-state index in [1.165, 1.54) is 6.26 Å². The molecule has 0 N–H and O–H groups in total. The van der Waals surface area contributed by atoms with Crippen molar-refractivity contribution in [2.45, 2.75) is 25.3 Å². The summed E-state index contributed by atoms with van der Waals surface area (Å²) in [6.45, 7) is 3.92. The lowest BCUT2D eigenvalue weighted by Crippen LogP contribution is -2.02. The summed E-state index contributed by atoms with van der Waals surface area (Å²) in [5.74, 6) is 0. The fourth-order valence-electron chi connectivity index (χ4n) is 1.13. The van der Waals surface area contributed by atoms with Gasteiger partial charge in [-0.25, -0.2) is 13.4 Å². The van der Waals surface area contributed by atoms with E-state index in [9.17, 15) is 8.42 Å². The zero-order chi connectivity index (χ0) is 10.1. The standard InChI is InChI=1S/C9H13NO2S/c1-4-8-5-9(13(3,11)12)10-6-7(8)2/h5-6H,4H2,1-3H3. The van der Waals surface area contributed by atoms with Crippen molar-refractivity contribution in [1.29, 1.82) is 0 Å². The van der Waals surface area contributed by atoms with Crippen molar-refractivity contribution in [3.8, 4) is 0 Å². The number of rotatable bonds is 2. The quantitative estimate of drug-likeness (QED) is 0.722. The van der Waals surface area contributed by atoms with E-state index >= 15 is 0 Å². The molecule has 0 fully saturated rings. The van der Waals surface area contributed by atoms with Gasteiger partial charge in [-0.3, -0.25) is 0 Å². The molecule has 72 valence electrons. The zero-order valence-corrected chi connectivity index (χ0v) is 8.85. The van der Waals surface area contributed by atoms with Crippen LogP contribution in [0.1, 0.15) is 18.1 Å². The number of hydrogen-bond donors (Lipinski definition) is 0. The third-order valence-corrected chi connectivity index (χ3v) is 2.93. The van der Waals surface area contributed by atoms with Gasteiger partial charge in [0.05, 0.1) is 0 Å². The van der Waals surface area contributed by atoms with Gasteiger partial charge < -0.3 is 0 Å². The van der Waals surface area contributed by atoms with E-state index in [1.807, 2.05) is 13.8 Å². The van der Waals surface area contributed by atoms with Gasteiger partial charge in [0.2, 0.25) is 0 Å². The van der Waals surface area contributed by atoms with E-state index < -0.39 is 9.84 Å². The molecule has 1 heterocycles. The van der Waals surface area contributed by atoms with Crippen LogP contribution in [-0.4, -0.2) is 19.7 Å². The molecule has 0 aliphatic heterocycles. The van der Waals surface area contributed by atoms with Crippen LogP contribution in [0.15, 0.2) is 17.3 Å². The van der Waals surface area contributed by atoms with Crippen LogP contribution in [-0.2, 0) is 16.3 Å². The first-order chi connectivity index (χ1) is 5.95. The predicted molar refractivity (Wildman–Crippen MR) is 51.5 cm³/mol. The van der Waals surface area contributed by atoms with E-state index in [0.29, 0.717) is 0 Å². The van der Waals surface area contributed by atoms with Gasteiger partial charge in [-0.05, 0) is 30.5 Å². The van der Waals surface area contributed by atoms with Crippen molar-refractivity contribution in [3.05, 3.63) is 23.4 Å². The maximum Gasteiger partial charge on any atom is 0.192 e. The summed E-state index contributed by atoms with van der Waals surface area (Å²) in [7, 11) is -3.16. The summed E-state index contributed by atoms with van der Waals surface area (Å²) in [5, 5.41) is 0.162. The summed E-state index contributed by atoms with van der Waals surface area (Å²) < 4.78 is 22.3. The molecule has 1 aromatic rings. The van der Waals surface area contributed by atoms with Crippen LogP contribution < -0.4 is 0 Å². The van der Waals surface area contributed by atoms with Crippen molar-refractivity contribution >= 4 is 9.84 Å². The molecule has 13 heavy (non-hydrogen) atoms. The van der Waals surface area contributed by atoms with Crippen molar-refractivity contribution in [2.75, 3.05) is 6.26 Å². The van der Waals surface area contributed by atoms with Crippen LogP contribution in [0.25, 0.3) is 0 Å². The van der Waals surface area contributed by atoms with Gasteiger partial charge in [0.1, 0.15) is 0 Å². The highest BCUT2D eigenvalue weighted by molar-refractivity contribution is 7.90. The molecular formula is C9H13NO2S. The molecule has 3 nitrogen and oxygen atoms in total. The third-order valence-electron chi connectivity index (χ3n) is 1.95. The molecule has 0 bridgehead atoms. The van der Waals surface area contributed by atoms with Crippen LogP contribution in [0.4, 0.5) is 0 Å². The molecule has 0 saturated heterocycles. The molecule has 4 heteroatoms. The molecule has 0 saturated carbocycles. The van der Waals surface area contributed by atoms with Gasteiger partial charge in [0.15, 0.2) is 14.9 Å². The first-order valence-electron chi connectivity index (χ1n) is 4.10. The first-order valence-corrected chi connectivity index (χ1v) is 6.00. The number of sulfone groups is 1. The molecule has 0 aromatic carbocycles. The second-order valence-corrected chi connectivity index (χ2v) is 5.04. The van der Waals surface area contributed by atoms with Gasteiger partial charge in [0, 0.05) is 12.5 Å². The van der Waals surface area contributed by atoms with E-state index in [2.05, 4.69) is 4.98 Å². The van der Waals surface area contributed by atoms with E-state index in [-0.39, 0.29) is 5.03 Å². The summed E-state index contributed by atoms with van der Waals surface area (Å²) in [4.78, 5) is 3.87. The fraction of sp³-hybridized carbons (Fsp3) is 0.444. The van der Waals surface area contributed by atoms with Crippen LogP contribution in [0.5, 0.6) is 0 Å². The monoisotopic (exact) mass is 199 g/mol. The van der Waals surface area contributed by atoms with E-state index in [0.717, 1.165) is 17.5 Å². The van der Waals surface area contributed by atoms with Gasteiger partial charge in [-0.15, -0.1) is 0 Å². The SMILES string of the molecule is CCc1cc(S(C)(=O)=O)ncc1C. The minimum atomic E-state index is -3.16. The van der Waals surface area contributed by atoms with Crippen molar-refractivity contribution in [2.24, 2.45) is 0 Å². The highest BCUT2D eigenvalue weighted by atomic mass is 32.2. The zero-order valence-electron chi connectivity index (χ0n) is 8.03.